The van der Waals surface area contributed by atoms with Crippen LogP contribution >= 0.6 is 0 Å². The average Bonchev–Trinajstić information content (AvgIpc) is 2.21. The molecular weight excluding hydrogens is 206 g/mol. The number of aromatic carboxylic acids is 1. The molecule has 0 spiro atoms. The minimum atomic E-state index is -1.02. The van der Waals surface area contributed by atoms with Crippen molar-refractivity contribution in [3.05, 3.63) is 34.4 Å². The summed E-state index contributed by atoms with van der Waals surface area (Å²) in [5.41, 5.74) is 7.55. The summed E-state index contributed by atoms with van der Waals surface area (Å²) in [6, 6.07) is 2.99. The summed E-state index contributed by atoms with van der Waals surface area (Å²) in [5.74, 6) is -1.13. The van der Waals surface area contributed by atoms with Crippen molar-refractivity contribution < 1.29 is 14.7 Å². The lowest BCUT2D eigenvalue weighted by Gasteiger charge is -2.09. The fraction of sp³-hybridized carbons (Fsp3) is 0.333. The largest absolute Gasteiger partial charge is 0.478 e. The van der Waals surface area contributed by atoms with E-state index in [0.29, 0.717) is 5.56 Å². The molecule has 3 N–H and O–H groups in total. The number of Topliss-reactive ketones (excluding diaryl/α,β-unsaturated/α-hetero) is 1. The standard InChI is InChI=1S/C12H15NO3/c1-7-5-9(12(15)16)6-10(8(7)2)11(14)3-4-13/h5-6H,3-4,13H2,1-2H3,(H,15,16). The molecule has 0 unspecified atom stereocenters. The van der Waals surface area contributed by atoms with E-state index in [9.17, 15) is 9.59 Å². The van der Waals surface area contributed by atoms with Crippen molar-refractivity contribution in [2.75, 3.05) is 6.54 Å². The third-order valence-electron chi connectivity index (χ3n) is 2.59. The van der Waals surface area contributed by atoms with Crippen LogP contribution in [0.3, 0.4) is 0 Å². The summed E-state index contributed by atoms with van der Waals surface area (Å²) in [7, 11) is 0. The van der Waals surface area contributed by atoms with Crippen molar-refractivity contribution >= 4 is 11.8 Å². The molecule has 86 valence electrons. The maximum Gasteiger partial charge on any atom is 0.335 e. The SMILES string of the molecule is Cc1cc(C(=O)O)cc(C(=O)CCN)c1C. The number of carboxylic acid groups (broad SMARTS) is 1. The second-order valence-corrected chi connectivity index (χ2v) is 3.73. The summed E-state index contributed by atoms with van der Waals surface area (Å²) in [6.45, 7) is 3.88. The average molecular weight is 221 g/mol. The first-order valence-corrected chi connectivity index (χ1v) is 5.05. The highest BCUT2D eigenvalue weighted by Crippen LogP contribution is 2.18. The number of hydrogen-bond donors (Lipinski definition) is 2. The van der Waals surface area contributed by atoms with Crippen LogP contribution in [0.4, 0.5) is 0 Å². The predicted octanol–water partition coefficient (Wildman–Crippen LogP) is 1.53. The van der Waals surface area contributed by atoms with Gasteiger partial charge in [0.15, 0.2) is 5.78 Å². The van der Waals surface area contributed by atoms with Gasteiger partial charge in [0.25, 0.3) is 0 Å². The molecule has 1 aromatic carbocycles. The topological polar surface area (TPSA) is 80.4 Å². The van der Waals surface area contributed by atoms with Gasteiger partial charge in [-0.2, -0.15) is 0 Å². The van der Waals surface area contributed by atoms with Crippen LogP contribution in [0.5, 0.6) is 0 Å². The van der Waals surface area contributed by atoms with E-state index in [1.807, 2.05) is 6.92 Å². The normalized spacial score (nSPS) is 10.2. The Morgan fingerprint density at radius 3 is 2.44 bits per heavy atom. The Kier molecular flexibility index (Phi) is 3.79. The van der Waals surface area contributed by atoms with Crippen LogP contribution in [0.15, 0.2) is 12.1 Å². The molecule has 0 heterocycles. The number of aryl methyl sites for hydroxylation is 1. The van der Waals surface area contributed by atoms with Crippen LogP contribution in [0.1, 0.15) is 38.3 Å². The predicted molar refractivity (Wildman–Crippen MR) is 60.9 cm³/mol. The molecule has 0 aromatic heterocycles. The number of carboxylic acids is 1. The van der Waals surface area contributed by atoms with E-state index in [1.165, 1.54) is 6.07 Å². The third-order valence-corrected chi connectivity index (χ3v) is 2.59. The first-order valence-electron chi connectivity index (χ1n) is 5.05. The summed E-state index contributed by atoms with van der Waals surface area (Å²) in [6.07, 6.45) is 0.239. The molecule has 16 heavy (non-hydrogen) atoms. The molecule has 0 aliphatic carbocycles. The van der Waals surface area contributed by atoms with Gasteiger partial charge in [0.05, 0.1) is 5.56 Å². The molecule has 4 nitrogen and oxygen atoms in total. The lowest BCUT2D eigenvalue weighted by atomic mass is 9.95. The molecule has 1 aromatic rings. The lowest BCUT2D eigenvalue weighted by Crippen LogP contribution is -2.11. The van der Waals surface area contributed by atoms with Crippen molar-refractivity contribution in [3.63, 3.8) is 0 Å². The zero-order valence-corrected chi connectivity index (χ0v) is 9.41. The number of benzene rings is 1. The molecule has 0 saturated carbocycles. The fourth-order valence-corrected chi connectivity index (χ4v) is 1.54. The van der Waals surface area contributed by atoms with Crippen LogP contribution in [-0.2, 0) is 0 Å². The molecule has 0 saturated heterocycles. The van der Waals surface area contributed by atoms with Crippen molar-refractivity contribution in [3.8, 4) is 0 Å². The molecule has 0 radical (unpaired) electrons. The minimum Gasteiger partial charge on any atom is -0.478 e. The van der Waals surface area contributed by atoms with Gasteiger partial charge >= 0.3 is 5.97 Å². The van der Waals surface area contributed by atoms with E-state index in [4.69, 9.17) is 10.8 Å². The zero-order valence-electron chi connectivity index (χ0n) is 9.41. The van der Waals surface area contributed by atoms with Gasteiger partial charge in [-0.05, 0) is 43.7 Å². The molecule has 0 fully saturated rings. The number of hydrogen-bond acceptors (Lipinski definition) is 3. The highest BCUT2D eigenvalue weighted by atomic mass is 16.4. The summed E-state index contributed by atoms with van der Waals surface area (Å²) >= 11 is 0. The number of rotatable bonds is 4. The molecule has 4 heteroatoms. The fourth-order valence-electron chi connectivity index (χ4n) is 1.54. The second kappa shape index (κ2) is 4.90. The van der Waals surface area contributed by atoms with Gasteiger partial charge < -0.3 is 10.8 Å². The Hall–Kier alpha value is -1.68. The van der Waals surface area contributed by atoms with Crippen LogP contribution < -0.4 is 5.73 Å². The smallest absolute Gasteiger partial charge is 0.335 e. The Morgan fingerprint density at radius 1 is 1.31 bits per heavy atom. The first kappa shape index (κ1) is 12.4. The van der Waals surface area contributed by atoms with Gasteiger partial charge in [0.2, 0.25) is 0 Å². The third kappa shape index (κ3) is 2.46. The highest BCUT2D eigenvalue weighted by molar-refractivity contribution is 6.00. The molecule has 0 amide bonds. The van der Waals surface area contributed by atoms with E-state index in [-0.39, 0.29) is 24.3 Å². The van der Waals surface area contributed by atoms with E-state index < -0.39 is 5.97 Å². The number of carbonyl (C=O) groups is 2. The zero-order chi connectivity index (χ0) is 12.3. The van der Waals surface area contributed by atoms with Gasteiger partial charge in [-0.15, -0.1) is 0 Å². The first-order chi connectivity index (χ1) is 7.47. The van der Waals surface area contributed by atoms with Gasteiger partial charge in [-0.3, -0.25) is 4.79 Å². The van der Waals surface area contributed by atoms with Crippen molar-refractivity contribution in [1.82, 2.24) is 0 Å². The second-order valence-electron chi connectivity index (χ2n) is 3.73. The Labute approximate surface area is 94.1 Å². The maximum atomic E-state index is 11.7. The number of ketones is 1. The number of carbonyl (C=O) groups excluding carboxylic acids is 1. The molecular formula is C12H15NO3. The summed E-state index contributed by atoms with van der Waals surface area (Å²) in [5, 5.41) is 8.90. The Bertz CT molecular complexity index is 438. The van der Waals surface area contributed by atoms with Crippen molar-refractivity contribution in [2.45, 2.75) is 20.3 Å². The Morgan fingerprint density at radius 2 is 1.94 bits per heavy atom. The van der Waals surface area contributed by atoms with Crippen LogP contribution in [0.2, 0.25) is 0 Å². The van der Waals surface area contributed by atoms with Crippen LogP contribution in [-0.4, -0.2) is 23.4 Å². The highest BCUT2D eigenvalue weighted by Gasteiger charge is 2.14. The summed E-state index contributed by atoms with van der Waals surface area (Å²) < 4.78 is 0. The molecule has 0 aliphatic rings. The van der Waals surface area contributed by atoms with E-state index in [1.54, 1.807) is 13.0 Å². The van der Waals surface area contributed by atoms with Gasteiger partial charge in [0, 0.05) is 12.0 Å². The number of nitrogens with two attached hydrogens (primary N) is 1. The van der Waals surface area contributed by atoms with Crippen molar-refractivity contribution in [1.29, 1.82) is 0 Å². The summed E-state index contributed by atoms with van der Waals surface area (Å²) in [4.78, 5) is 22.6. The molecule has 1 rings (SSSR count). The van der Waals surface area contributed by atoms with E-state index in [0.717, 1.165) is 11.1 Å². The van der Waals surface area contributed by atoms with Crippen LogP contribution in [0.25, 0.3) is 0 Å². The van der Waals surface area contributed by atoms with E-state index >= 15 is 0 Å². The van der Waals surface area contributed by atoms with Gasteiger partial charge in [0.1, 0.15) is 0 Å². The van der Waals surface area contributed by atoms with Crippen molar-refractivity contribution in [2.24, 2.45) is 5.73 Å². The minimum absolute atomic E-state index is 0.105. The lowest BCUT2D eigenvalue weighted by molar-refractivity contribution is 0.0696. The molecule has 0 atom stereocenters. The maximum absolute atomic E-state index is 11.7. The monoisotopic (exact) mass is 221 g/mol. The van der Waals surface area contributed by atoms with Gasteiger partial charge in [-0.25, -0.2) is 4.79 Å². The van der Waals surface area contributed by atoms with E-state index in [2.05, 4.69) is 0 Å². The van der Waals surface area contributed by atoms with Crippen LogP contribution in [0, 0.1) is 13.8 Å². The molecule has 0 bridgehead atoms. The van der Waals surface area contributed by atoms with Gasteiger partial charge in [-0.1, -0.05) is 0 Å². The quantitative estimate of drug-likeness (QED) is 0.755. The Balaban J connectivity index is 3.26. The molecule has 0 aliphatic heterocycles.